The zero-order valence-electron chi connectivity index (χ0n) is 13.1. The number of anilines is 2. The van der Waals surface area contributed by atoms with Gasteiger partial charge in [0.1, 0.15) is 5.82 Å². The van der Waals surface area contributed by atoms with Gasteiger partial charge < -0.3 is 5.32 Å². The van der Waals surface area contributed by atoms with E-state index in [2.05, 4.69) is 22.8 Å². The molecular weight excluding hydrogens is 313 g/mol. The topological polar surface area (TPSA) is 24.9 Å². The van der Waals surface area contributed by atoms with E-state index in [1.165, 1.54) is 11.6 Å². The van der Waals surface area contributed by atoms with Gasteiger partial charge in [-0.3, -0.25) is 0 Å². The Morgan fingerprint density at radius 3 is 2.50 bits per heavy atom. The molecule has 125 valence electrons. The number of pyridine rings is 1. The summed E-state index contributed by atoms with van der Waals surface area (Å²) < 4.78 is 37.7. The van der Waals surface area contributed by atoms with Crippen LogP contribution >= 0.6 is 0 Å². The van der Waals surface area contributed by atoms with Crippen molar-refractivity contribution >= 4 is 17.6 Å². The SMILES string of the molecule is FC(F)(F)c1ccc(Nc2cccc(C=C3CC[CH]CC3)c2)nc1. The molecule has 2 aromatic rings. The van der Waals surface area contributed by atoms with Crippen molar-refractivity contribution in [1.82, 2.24) is 4.98 Å². The molecule has 0 unspecified atom stereocenters. The number of allylic oxidation sites excluding steroid dienone is 1. The van der Waals surface area contributed by atoms with Gasteiger partial charge in [-0.1, -0.05) is 23.8 Å². The van der Waals surface area contributed by atoms with Crippen LogP contribution in [0.15, 0.2) is 48.2 Å². The molecule has 1 aromatic carbocycles. The fourth-order valence-corrected chi connectivity index (χ4v) is 2.71. The third-order valence-corrected chi connectivity index (χ3v) is 3.96. The highest BCUT2D eigenvalue weighted by Gasteiger charge is 2.30. The summed E-state index contributed by atoms with van der Waals surface area (Å²) >= 11 is 0. The van der Waals surface area contributed by atoms with Crippen LogP contribution in [-0.4, -0.2) is 4.98 Å². The Labute approximate surface area is 139 Å². The minimum atomic E-state index is -4.37. The van der Waals surface area contributed by atoms with Crippen molar-refractivity contribution in [2.45, 2.75) is 31.9 Å². The molecule has 24 heavy (non-hydrogen) atoms. The fourth-order valence-electron chi connectivity index (χ4n) is 2.71. The minimum absolute atomic E-state index is 0.389. The number of nitrogens with one attached hydrogen (secondary N) is 1. The summed E-state index contributed by atoms with van der Waals surface area (Å²) in [6.07, 6.45) is 5.42. The van der Waals surface area contributed by atoms with E-state index < -0.39 is 11.7 Å². The zero-order valence-corrected chi connectivity index (χ0v) is 13.1. The van der Waals surface area contributed by atoms with Gasteiger partial charge in [0.15, 0.2) is 0 Å². The quantitative estimate of drug-likeness (QED) is 0.745. The lowest BCUT2D eigenvalue weighted by molar-refractivity contribution is -0.137. The van der Waals surface area contributed by atoms with E-state index in [-0.39, 0.29) is 0 Å². The maximum atomic E-state index is 12.6. The molecule has 0 amide bonds. The molecule has 0 atom stereocenters. The number of alkyl halides is 3. The number of nitrogens with zero attached hydrogens (tertiary/aromatic N) is 1. The zero-order chi connectivity index (χ0) is 17.0. The van der Waals surface area contributed by atoms with Gasteiger partial charge in [-0.05, 0) is 61.9 Å². The van der Waals surface area contributed by atoms with Crippen LogP contribution in [0.1, 0.15) is 36.8 Å². The third-order valence-electron chi connectivity index (χ3n) is 3.96. The molecule has 0 aliphatic heterocycles. The Morgan fingerprint density at radius 2 is 1.83 bits per heavy atom. The molecule has 1 aliphatic rings. The molecule has 1 heterocycles. The van der Waals surface area contributed by atoms with Gasteiger partial charge in [0, 0.05) is 11.9 Å². The first kappa shape index (κ1) is 16.6. The average molecular weight is 331 g/mol. The lowest BCUT2D eigenvalue weighted by Gasteiger charge is -2.13. The maximum Gasteiger partial charge on any atom is 0.417 e. The largest absolute Gasteiger partial charge is 0.417 e. The second kappa shape index (κ2) is 7.07. The highest BCUT2D eigenvalue weighted by Crippen LogP contribution is 2.29. The van der Waals surface area contributed by atoms with Crippen molar-refractivity contribution < 1.29 is 13.2 Å². The molecule has 5 heteroatoms. The van der Waals surface area contributed by atoms with Crippen molar-refractivity contribution in [1.29, 1.82) is 0 Å². The summed E-state index contributed by atoms with van der Waals surface area (Å²) in [5.74, 6) is 0.389. The molecule has 0 saturated heterocycles. The summed E-state index contributed by atoms with van der Waals surface area (Å²) in [7, 11) is 0. The van der Waals surface area contributed by atoms with E-state index in [0.29, 0.717) is 5.82 Å². The molecule has 0 bridgehead atoms. The Morgan fingerprint density at radius 1 is 1.04 bits per heavy atom. The highest BCUT2D eigenvalue weighted by molar-refractivity contribution is 5.63. The molecule has 1 aliphatic carbocycles. The second-order valence-electron chi connectivity index (χ2n) is 5.85. The van der Waals surface area contributed by atoms with E-state index in [0.717, 1.165) is 49.2 Å². The van der Waals surface area contributed by atoms with Crippen LogP contribution in [0.5, 0.6) is 0 Å². The fraction of sp³-hybridized carbons (Fsp3) is 0.263. The predicted molar refractivity (Wildman–Crippen MR) is 89.7 cm³/mol. The van der Waals surface area contributed by atoms with Gasteiger partial charge in [-0.15, -0.1) is 0 Å². The summed E-state index contributed by atoms with van der Waals surface area (Å²) in [5.41, 5.74) is 2.57. The summed E-state index contributed by atoms with van der Waals surface area (Å²) in [5, 5.41) is 3.05. The summed E-state index contributed by atoms with van der Waals surface area (Å²) in [6.45, 7) is 0. The molecule has 1 N–H and O–H groups in total. The van der Waals surface area contributed by atoms with Gasteiger partial charge in [-0.25, -0.2) is 4.98 Å². The van der Waals surface area contributed by atoms with Crippen molar-refractivity contribution in [3.63, 3.8) is 0 Å². The van der Waals surface area contributed by atoms with Crippen molar-refractivity contribution in [2.24, 2.45) is 0 Å². The molecule has 1 radical (unpaired) electrons. The van der Waals surface area contributed by atoms with Gasteiger partial charge in [0.2, 0.25) is 0 Å². The van der Waals surface area contributed by atoms with Crippen molar-refractivity contribution in [2.75, 3.05) is 5.32 Å². The first-order chi connectivity index (χ1) is 11.5. The first-order valence-electron chi connectivity index (χ1n) is 7.92. The Kier molecular flexibility index (Phi) is 4.88. The van der Waals surface area contributed by atoms with E-state index in [9.17, 15) is 13.2 Å². The standard InChI is InChI=1S/C19H18F3N2/c20-19(21,22)16-9-10-18(23-13-16)24-17-8-4-7-15(12-17)11-14-5-2-1-3-6-14/h1,4,7-13H,2-3,5-6H2,(H,23,24). The lowest BCUT2D eigenvalue weighted by atomic mass is 9.93. The van der Waals surface area contributed by atoms with E-state index >= 15 is 0 Å². The van der Waals surface area contributed by atoms with Gasteiger partial charge in [-0.2, -0.15) is 13.2 Å². The van der Waals surface area contributed by atoms with Crippen molar-refractivity contribution in [3.05, 3.63) is 65.7 Å². The van der Waals surface area contributed by atoms with Crippen LogP contribution in [0, 0.1) is 6.42 Å². The van der Waals surface area contributed by atoms with E-state index in [1.54, 1.807) is 0 Å². The molecular formula is C19H18F3N2. The molecule has 0 spiro atoms. The monoisotopic (exact) mass is 331 g/mol. The number of aromatic nitrogens is 1. The van der Waals surface area contributed by atoms with E-state index in [1.807, 2.05) is 24.3 Å². The highest BCUT2D eigenvalue weighted by atomic mass is 19.4. The molecule has 1 aromatic heterocycles. The Balaban J connectivity index is 1.72. The number of hydrogen-bond donors (Lipinski definition) is 1. The van der Waals surface area contributed by atoms with Crippen LogP contribution in [0.4, 0.5) is 24.7 Å². The molecule has 3 rings (SSSR count). The molecule has 1 saturated carbocycles. The number of hydrogen-bond acceptors (Lipinski definition) is 2. The van der Waals surface area contributed by atoms with Gasteiger partial charge in [0.25, 0.3) is 0 Å². The number of benzene rings is 1. The van der Waals surface area contributed by atoms with Crippen LogP contribution in [-0.2, 0) is 6.18 Å². The molecule has 2 nitrogen and oxygen atoms in total. The van der Waals surface area contributed by atoms with Crippen molar-refractivity contribution in [3.8, 4) is 0 Å². The summed E-state index contributed by atoms with van der Waals surface area (Å²) in [6, 6.07) is 10.2. The van der Waals surface area contributed by atoms with Gasteiger partial charge >= 0.3 is 6.18 Å². The smallest absolute Gasteiger partial charge is 0.340 e. The minimum Gasteiger partial charge on any atom is -0.340 e. The summed E-state index contributed by atoms with van der Waals surface area (Å²) in [4.78, 5) is 3.84. The Bertz CT molecular complexity index is 710. The van der Waals surface area contributed by atoms with E-state index in [4.69, 9.17) is 0 Å². The second-order valence-corrected chi connectivity index (χ2v) is 5.85. The maximum absolute atomic E-state index is 12.6. The van der Waals surface area contributed by atoms with Crippen LogP contribution in [0.25, 0.3) is 6.08 Å². The number of rotatable bonds is 3. The normalized spacial score (nSPS) is 15.2. The molecule has 1 fully saturated rings. The third kappa shape index (κ3) is 4.37. The first-order valence-corrected chi connectivity index (χ1v) is 7.92. The van der Waals surface area contributed by atoms with Crippen LogP contribution in [0.3, 0.4) is 0 Å². The predicted octanol–water partition coefficient (Wildman–Crippen LogP) is 6.01. The van der Waals surface area contributed by atoms with Crippen LogP contribution < -0.4 is 5.32 Å². The van der Waals surface area contributed by atoms with Gasteiger partial charge in [0.05, 0.1) is 5.56 Å². The lowest BCUT2D eigenvalue weighted by Crippen LogP contribution is -2.05. The van der Waals surface area contributed by atoms with Crippen LogP contribution in [0.2, 0.25) is 0 Å². The number of halogens is 3. The average Bonchev–Trinajstić information content (AvgIpc) is 2.56. The Hall–Kier alpha value is -2.30.